The first kappa shape index (κ1) is 20.9. The Morgan fingerprint density at radius 1 is 1.07 bits per heavy atom. The van der Waals surface area contributed by atoms with Crippen LogP contribution in [0.1, 0.15) is 40.2 Å². The van der Waals surface area contributed by atoms with E-state index in [1.807, 2.05) is 19.1 Å². The van der Waals surface area contributed by atoms with E-state index < -0.39 is 0 Å². The van der Waals surface area contributed by atoms with Gasteiger partial charge in [0.25, 0.3) is 0 Å². The smallest absolute Gasteiger partial charge is 0.163 e. The Balaban J connectivity index is 1.99. The zero-order valence-electron chi connectivity index (χ0n) is 17.9. The SMILES string of the molecule is CCOc1cc2ncnc(Nc3cccc(C(C)(C)C(C)(C)OC)c3)c2cc1O. The summed E-state index contributed by atoms with van der Waals surface area (Å²) in [6, 6.07) is 11.6. The number of hydrogen-bond acceptors (Lipinski definition) is 6. The highest BCUT2D eigenvalue weighted by Gasteiger charge is 2.38. The van der Waals surface area contributed by atoms with Crippen LogP contribution in [0.25, 0.3) is 10.9 Å². The van der Waals surface area contributed by atoms with Crippen molar-refractivity contribution in [1.29, 1.82) is 0 Å². The van der Waals surface area contributed by atoms with E-state index in [9.17, 15) is 5.11 Å². The molecule has 1 aromatic heterocycles. The fourth-order valence-electron chi connectivity index (χ4n) is 3.17. The van der Waals surface area contributed by atoms with Crippen molar-refractivity contribution < 1.29 is 14.6 Å². The molecule has 0 fully saturated rings. The average Bonchev–Trinajstić information content (AvgIpc) is 2.69. The Morgan fingerprint density at radius 2 is 1.83 bits per heavy atom. The van der Waals surface area contributed by atoms with Gasteiger partial charge in [-0.05, 0) is 44.5 Å². The number of hydrogen-bond donors (Lipinski definition) is 2. The van der Waals surface area contributed by atoms with Crippen molar-refractivity contribution in [2.45, 2.75) is 45.6 Å². The minimum Gasteiger partial charge on any atom is -0.504 e. The topological polar surface area (TPSA) is 76.5 Å². The lowest BCUT2D eigenvalue weighted by Gasteiger charge is -2.41. The van der Waals surface area contributed by atoms with Crippen LogP contribution >= 0.6 is 0 Å². The molecular formula is C23H29N3O3. The first-order chi connectivity index (χ1) is 13.7. The number of phenolic OH excluding ortho intramolecular Hbond substituents is 1. The molecule has 0 radical (unpaired) electrons. The molecule has 0 bridgehead atoms. The van der Waals surface area contributed by atoms with Crippen molar-refractivity contribution in [2.24, 2.45) is 0 Å². The van der Waals surface area contributed by atoms with Crippen LogP contribution in [-0.2, 0) is 10.2 Å². The molecule has 0 amide bonds. The molecule has 0 spiro atoms. The van der Waals surface area contributed by atoms with Gasteiger partial charge in [0, 0.05) is 29.7 Å². The van der Waals surface area contributed by atoms with E-state index in [1.54, 1.807) is 19.2 Å². The third-order valence-electron chi connectivity index (χ3n) is 5.88. The number of nitrogens with zero attached hydrogens (tertiary/aromatic N) is 2. The predicted octanol–water partition coefficient (Wildman–Crippen LogP) is 5.18. The van der Waals surface area contributed by atoms with Crippen LogP contribution in [0, 0.1) is 0 Å². The molecule has 1 heterocycles. The van der Waals surface area contributed by atoms with Crippen molar-refractivity contribution in [3.8, 4) is 11.5 Å². The van der Waals surface area contributed by atoms with Gasteiger partial charge in [-0.3, -0.25) is 0 Å². The van der Waals surface area contributed by atoms with Gasteiger partial charge < -0.3 is 19.9 Å². The molecule has 2 aromatic carbocycles. The summed E-state index contributed by atoms with van der Waals surface area (Å²) < 4.78 is 11.2. The molecule has 0 aliphatic heterocycles. The zero-order valence-corrected chi connectivity index (χ0v) is 17.9. The van der Waals surface area contributed by atoms with Crippen molar-refractivity contribution >= 4 is 22.4 Å². The van der Waals surface area contributed by atoms with Crippen molar-refractivity contribution in [1.82, 2.24) is 9.97 Å². The van der Waals surface area contributed by atoms with Crippen LogP contribution in [0.3, 0.4) is 0 Å². The van der Waals surface area contributed by atoms with Gasteiger partial charge in [-0.1, -0.05) is 26.0 Å². The first-order valence-electron chi connectivity index (χ1n) is 9.73. The van der Waals surface area contributed by atoms with Gasteiger partial charge in [0.15, 0.2) is 11.5 Å². The second-order valence-corrected chi connectivity index (χ2v) is 8.04. The Hall–Kier alpha value is -2.86. The number of aromatic nitrogens is 2. The van der Waals surface area contributed by atoms with E-state index in [0.29, 0.717) is 23.7 Å². The summed E-state index contributed by atoms with van der Waals surface area (Å²) in [6.07, 6.45) is 1.50. The molecule has 0 saturated heterocycles. The molecular weight excluding hydrogens is 366 g/mol. The molecule has 0 aliphatic carbocycles. The van der Waals surface area contributed by atoms with E-state index in [-0.39, 0.29) is 16.8 Å². The normalized spacial score (nSPS) is 12.2. The van der Waals surface area contributed by atoms with Gasteiger partial charge in [0.05, 0.1) is 17.7 Å². The van der Waals surface area contributed by atoms with E-state index in [1.165, 1.54) is 6.33 Å². The van der Waals surface area contributed by atoms with Crippen LogP contribution in [-0.4, -0.2) is 34.4 Å². The highest BCUT2D eigenvalue weighted by molar-refractivity contribution is 5.92. The van der Waals surface area contributed by atoms with E-state index in [4.69, 9.17) is 9.47 Å². The Labute approximate surface area is 171 Å². The highest BCUT2D eigenvalue weighted by Crippen LogP contribution is 2.38. The molecule has 29 heavy (non-hydrogen) atoms. The summed E-state index contributed by atoms with van der Waals surface area (Å²) in [5, 5.41) is 14.4. The van der Waals surface area contributed by atoms with Gasteiger partial charge in [0.2, 0.25) is 0 Å². The fourth-order valence-corrected chi connectivity index (χ4v) is 3.17. The molecule has 154 valence electrons. The third-order valence-corrected chi connectivity index (χ3v) is 5.88. The zero-order chi connectivity index (χ0) is 21.2. The number of benzene rings is 2. The monoisotopic (exact) mass is 395 g/mol. The summed E-state index contributed by atoms with van der Waals surface area (Å²) in [4.78, 5) is 8.69. The largest absolute Gasteiger partial charge is 0.504 e. The van der Waals surface area contributed by atoms with E-state index in [0.717, 1.165) is 16.6 Å². The molecule has 3 aromatic rings. The molecule has 6 heteroatoms. The Morgan fingerprint density at radius 3 is 2.52 bits per heavy atom. The van der Waals surface area contributed by atoms with Gasteiger partial charge in [-0.25, -0.2) is 9.97 Å². The second-order valence-electron chi connectivity index (χ2n) is 8.04. The molecule has 0 saturated carbocycles. The summed E-state index contributed by atoms with van der Waals surface area (Å²) in [7, 11) is 1.74. The fraction of sp³-hybridized carbons (Fsp3) is 0.391. The summed E-state index contributed by atoms with van der Waals surface area (Å²) >= 11 is 0. The van der Waals surface area contributed by atoms with Gasteiger partial charge in [0.1, 0.15) is 12.1 Å². The quantitative estimate of drug-likeness (QED) is 0.574. The van der Waals surface area contributed by atoms with Gasteiger partial charge >= 0.3 is 0 Å². The van der Waals surface area contributed by atoms with Crippen LogP contribution in [0.5, 0.6) is 11.5 Å². The van der Waals surface area contributed by atoms with Crippen molar-refractivity contribution in [3.05, 3.63) is 48.3 Å². The minimum atomic E-state index is -0.339. The maximum atomic E-state index is 10.3. The highest BCUT2D eigenvalue weighted by atomic mass is 16.5. The standard InChI is InChI=1S/C23H29N3O3/c1-7-29-20-13-18-17(12-19(20)27)21(25-14-24-18)26-16-10-8-9-15(11-16)22(2,3)23(4,5)28-6/h8-14,27H,7H2,1-6H3,(H,24,25,26). The Bertz CT molecular complexity index is 1020. The minimum absolute atomic E-state index is 0.0638. The number of ether oxygens (including phenoxy) is 2. The number of rotatable bonds is 7. The number of methoxy groups -OCH3 is 1. The number of anilines is 2. The van der Waals surface area contributed by atoms with Crippen molar-refractivity contribution in [2.75, 3.05) is 19.0 Å². The van der Waals surface area contributed by atoms with E-state index >= 15 is 0 Å². The third kappa shape index (κ3) is 3.98. The maximum Gasteiger partial charge on any atom is 0.163 e. The second kappa shape index (κ2) is 7.87. The lowest BCUT2D eigenvalue weighted by atomic mass is 9.71. The summed E-state index contributed by atoms with van der Waals surface area (Å²) in [5.74, 6) is 1.10. The summed E-state index contributed by atoms with van der Waals surface area (Å²) in [5.41, 5.74) is 2.19. The maximum absolute atomic E-state index is 10.3. The van der Waals surface area contributed by atoms with Gasteiger partial charge in [-0.2, -0.15) is 0 Å². The predicted molar refractivity (Wildman–Crippen MR) is 116 cm³/mol. The number of aromatic hydroxyl groups is 1. The lowest BCUT2D eigenvalue weighted by Crippen LogP contribution is -2.44. The van der Waals surface area contributed by atoms with Crippen molar-refractivity contribution in [3.63, 3.8) is 0 Å². The molecule has 0 unspecified atom stereocenters. The molecule has 0 aliphatic rings. The van der Waals surface area contributed by atoms with Crippen LogP contribution < -0.4 is 10.1 Å². The number of phenols is 1. The molecule has 2 N–H and O–H groups in total. The van der Waals surface area contributed by atoms with Gasteiger partial charge in [-0.15, -0.1) is 0 Å². The number of fused-ring (bicyclic) bond motifs is 1. The summed E-state index contributed by atoms with van der Waals surface area (Å²) in [6.45, 7) is 10.9. The number of nitrogens with one attached hydrogen (secondary N) is 1. The molecule has 6 nitrogen and oxygen atoms in total. The van der Waals surface area contributed by atoms with E-state index in [2.05, 4.69) is 55.1 Å². The Kier molecular flexibility index (Phi) is 5.66. The molecule has 3 rings (SSSR count). The van der Waals surface area contributed by atoms with Crippen LogP contribution in [0.2, 0.25) is 0 Å². The van der Waals surface area contributed by atoms with Crippen LogP contribution in [0.15, 0.2) is 42.7 Å². The average molecular weight is 396 g/mol. The first-order valence-corrected chi connectivity index (χ1v) is 9.73. The van der Waals surface area contributed by atoms with Crippen LogP contribution in [0.4, 0.5) is 11.5 Å². The lowest BCUT2D eigenvalue weighted by molar-refractivity contribution is -0.0341. The molecule has 0 atom stereocenters.